The molecule has 2 rings (SSSR count). The van der Waals surface area contributed by atoms with Crippen LogP contribution in [-0.4, -0.2) is 64.2 Å². The molecule has 0 bridgehead atoms. The Morgan fingerprint density at radius 1 is 1.47 bits per heavy atom. The van der Waals surface area contributed by atoms with Crippen molar-refractivity contribution in [1.82, 2.24) is 19.8 Å². The lowest BCUT2D eigenvalue weighted by molar-refractivity contribution is 0.167. The number of aromatic nitrogens is 2. The summed E-state index contributed by atoms with van der Waals surface area (Å²) in [6.45, 7) is 4.16. The van der Waals surface area contributed by atoms with Gasteiger partial charge in [0.05, 0.1) is 12.6 Å². The zero-order valence-electron chi connectivity index (χ0n) is 11.9. The van der Waals surface area contributed by atoms with E-state index in [1.54, 1.807) is 6.07 Å². The topological polar surface area (TPSA) is 78.5 Å². The number of aliphatic hydroxyl groups is 1. The standard InChI is InChI=1S/C13H23N5O/c1-9-4-12(14)16-13(15-9)8-18-7-11(19)5-10(18)6-17(2)3/h4,10-11,19H,5-8H2,1-3H3,(H2,14,15,16). The van der Waals surface area contributed by atoms with Crippen LogP contribution in [0, 0.1) is 6.92 Å². The van der Waals surface area contributed by atoms with E-state index in [2.05, 4.69) is 19.8 Å². The summed E-state index contributed by atoms with van der Waals surface area (Å²) in [5.41, 5.74) is 6.63. The zero-order valence-corrected chi connectivity index (χ0v) is 11.9. The predicted octanol–water partition coefficient (Wildman–Crippen LogP) is -0.136. The van der Waals surface area contributed by atoms with Gasteiger partial charge >= 0.3 is 0 Å². The maximum atomic E-state index is 9.84. The van der Waals surface area contributed by atoms with E-state index < -0.39 is 0 Å². The Morgan fingerprint density at radius 3 is 2.84 bits per heavy atom. The first-order valence-electron chi connectivity index (χ1n) is 6.61. The van der Waals surface area contributed by atoms with Crippen LogP contribution in [-0.2, 0) is 6.54 Å². The summed E-state index contributed by atoms with van der Waals surface area (Å²) in [4.78, 5) is 13.0. The van der Waals surface area contributed by atoms with Gasteiger partial charge in [0.25, 0.3) is 0 Å². The second-order valence-electron chi connectivity index (χ2n) is 5.59. The van der Waals surface area contributed by atoms with Crippen LogP contribution < -0.4 is 5.73 Å². The number of β-amino-alcohol motifs (C(OH)–C–C–N with tert-alkyl or cyclic N) is 1. The molecule has 0 aromatic carbocycles. The summed E-state index contributed by atoms with van der Waals surface area (Å²) < 4.78 is 0. The van der Waals surface area contributed by atoms with E-state index in [1.165, 1.54) is 0 Å². The van der Waals surface area contributed by atoms with Crippen molar-refractivity contribution in [2.75, 3.05) is 32.9 Å². The van der Waals surface area contributed by atoms with E-state index in [1.807, 2.05) is 21.0 Å². The van der Waals surface area contributed by atoms with E-state index >= 15 is 0 Å². The minimum absolute atomic E-state index is 0.257. The minimum Gasteiger partial charge on any atom is -0.392 e. The van der Waals surface area contributed by atoms with Crippen LogP contribution in [0.1, 0.15) is 17.9 Å². The van der Waals surface area contributed by atoms with Gasteiger partial charge in [0.1, 0.15) is 11.6 Å². The fourth-order valence-electron chi connectivity index (χ4n) is 2.67. The molecule has 2 heterocycles. The first-order valence-corrected chi connectivity index (χ1v) is 6.61. The highest BCUT2D eigenvalue weighted by atomic mass is 16.3. The van der Waals surface area contributed by atoms with Crippen molar-refractivity contribution in [2.45, 2.75) is 32.0 Å². The van der Waals surface area contributed by atoms with Gasteiger partial charge in [0.2, 0.25) is 0 Å². The second kappa shape index (κ2) is 5.81. The molecule has 0 saturated carbocycles. The van der Waals surface area contributed by atoms with Crippen molar-refractivity contribution in [3.8, 4) is 0 Å². The predicted molar refractivity (Wildman–Crippen MR) is 74.6 cm³/mol. The molecule has 19 heavy (non-hydrogen) atoms. The number of rotatable bonds is 4. The molecular weight excluding hydrogens is 242 g/mol. The molecule has 1 aliphatic heterocycles. The van der Waals surface area contributed by atoms with Gasteiger partial charge in [-0.25, -0.2) is 9.97 Å². The Morgan fingerprint density at radius 2 is 2.21 bits per heavy atom. The smallest absolute Gasteiger partial charge is 0.144 e. The average Bonchev–Trinajstić information content (AvgIpc) is 2.56. The number of nitrogens with zero attached hydrogens (tertiary/aromatic N) is 4. The fourth-order valence-corrected chi connectivity index (χ4v) is 2.67. The number of likely N-dealkylation sites (tertiary alicyclic amines) is 1. The van der Waals surface area contributed by atoms with Crippen LogP contribution in [0.5, 0.6) is 0 Å². The quantitative estimate of drug-likeness (QED) is 0.789. The molecule has 1 saturated heterocycles. The van der Waals surface area contributed by atoms with Crippen LogP contribution in [0.3, 0.4) is 0 Å². The van der Waals surface area contributed by atoms with Gasteiger partial charge in [-0.3, -0.25) is 4.90 Å². The maximum absolute atomic E-state index is 9.84. The van der Waals surface area contributed by atoms with E-state index in [4.69, 9.17) is 5.73 Å². The summed E-state index contributed by atoms with van der Waals surface area (Å²) in [6.07, 6.45) is 0.548. The minimum atomic E-state index is -0.257. The molecular formula is C13H23N5O. The lowest BCUT2D eigenvalue weighted by Crippen LogP contribution is -2.37. The first kappa shape index (κ1) is 14.2. The van der Waals surface area contributed by atoms with Crippen molar-refractivity contribution in [3.63, 3.8) is 0 Å². The van der Waals surface area contributed by atoms with Gasteiger partial charge < -0.3 is 15.7 Å². The summed E-state index contributed by atoms with van der Waals surface area (Å²) >= 11 is 0. The summed E-state index contributed by atoms with van der Waals surface area (Å²) in [6, 6.07) is 2.11. The number of anilines is 1. The summed E-state index contributed by atoms with van der Waals surface area (Å²) in [5, 5.41) is 9.84. The van der Waals surface area contributed by atoms with Gasteiger partial charge in [-0.2, -0.15) is 0 Å². The molecule has 0 amide bonds. The third-order valence-corrected chi connectivity index (χ3v) is 3.35. The SMILES string of the molecule is Cc1cc(N)nc(CN2CC(O)CC2CN(C)C)n1. The maximum Gasteiger partial charge on any atom is 0.144 e. The van der Waals surface area contributed by atoms with Crippen LogP contribution in [0.2, 0.25) is 0 Å². The van der Waals surface area contributed by atoms with Gasteiger partial charge in [0.15, 0.2) is 0 Å². The molecule has 3 N–H and O–H groups in total. The van der Waals surface area contributed by atoms with Crippen LogP contribution >= 0.6 is 0 Å². The van der Waals surface area contributed by atoms with Gasteiger partial charge in [-0.15, -0.1) is 0 Å². The highest BCUT2D eigenvalue weighted by Crippen LogP contribution is 2.20. The number of nitrogen functional groups attached to an aromatic ring is 1. The summed E-state index contributed by atoms with van der Waals surface area (Å²) in [7, 11) is 4.09. The van der Waals surface area contributed by atoms with Crippen LogP contribution in [0.25, 0.3) is 0 Å². The van der Waals surface area contributed by atoms with Crippen molar-refractivity contribution >= 4 is 5.82 Å². The van der Waals surface area contributed by atoms with Crippen molar-refractivity contribution in [3.05, 3.63) is 17.6 Å². The Balaban J connectivity index is 2.07. The average molecular weight is 265 g/mol. The Kier molecular flexibility index (Phi) is 4.34. The van der Waals surface area contributed by atoms with Crippen LogP contribution in [0.4, 0.5) is 5.82 Å². The first-order chi connectivity index (χ1) is 8.94. The lowest BCUT2D eigenvalue weighted by atomic mass is 10.2. The second-order valence-corrected chi connectivity index (χ2v) is 5.59. The molecule has 0 radical (unpaired) electrons. The largest absolute Gasteiger partial charge is 0.392 e. The van der Waals surface area contributed by atoms with E-state index in [9.17, 15) is 5.11 Å². The van der Waals surface area contributed by atoms with Crippen LogP contribution in [0.15, 0.2) is 6.07 Å². The molecule has 2 atom stereocenters. The normalized spacial score (nSPS) is 24.3. The molecule has 0 aliphatic carbocycles. The molecule has 106 valence electrons. The number of nitrogens with two attached hydrogens (primary N) is 1. The third-order valence-electron chi connectivity index (χ3n) is 3.35. The molecule has 2 unspecified atom stereocenters. The van der Waals surface area contributed by atoms with Gasteiger partial charge in [0, 0.05) is 30.9 Å². The third kappa shape index (κ3) is 3.86. The molecule has 1 aliphatic rings. The monoisotopic (exact) mass is 265 g/mol. The lowest BCUT2D eigenvalue weighted by Gasteiger charge is -2.26. The number of hydrogen-bond donors (Lipinski definition) is 2. The Bertz CT molecular complexity index is 417. The molecule has 1 aromatic rings. The highest BCUT2D eigenvalue weighted by Gasteiger charge is 2.31. The molecule has 1 aromatic heterocycles. The van der Waals surface area contributed by atoms with E-state index in [0.29, 0.717) is 24.9 Å². The number of likely N-dealkylation sites (N-methyl/N-ethyl adjacent to an activating group) is 1. The van der Waals surface area contributed by atoms with Crippen molar-refractivity contribution in [1.29, 1.82) is 0 Å². The Hall–Kier alpha value is -1.24. The molecule has 6 heteroatoms. The highest BCUT2D eigenvalue weighted by molar-refractivity contribution is 5.29. The van der Waals surface area contributed by atoms with Gasteiger partial charge in [-0.1, -0.05) is 0 Å². The number of aryl methyl sites for hydroxylation is 1. The molecule has 0 spiro atoms. The molecule has 6 nitrogen and oxygen atoms in total. The molecule has 1 fully saturated rings. The fraction of sp³-hybridized carbons (Fsp3) is 0.692. The number of hydrogen-bond acceptors (Lipinski definition) is 6. The number of aliphatic hydroxyl groups excluding tert-OH is 1. The van der Waals surface area contributed by atoms with E-state index in [-0.39, 0.29) is 6.10 Å². The van der Waals surface area contributed by atoms with E-state index in [0.717, 1.165) is 24.5 Å². The van der Waals surface area contributed by atoms with Crippen molar-refractivity contribution in [2.24, 2.45) is 0 Å². The Labute approximate surface area is 114 Å². The zero-order chi connectivity index (χ0) is 14.0. The van der Waals surface area contributed by atoms with Gasteiger partial charge in [-0.05, 0) is 27.4 Å². The summed E-state index contributed by atoms with van der Waals surface area (Å²) in [5.74, 6) is 1.24. The van der Waals surface area contributed by atoms with Crippen molar-refractivity contribution < 1.29 is 5.11 Å².